The summed E-state index contributed by atoms with van der Waals surface area (Å²) >= 11 is 0. The van der Waals surface area contributed by atoms with Crippen LogP contribution in [0.15, 0.2) is 23.3 Å². The molecule has 0 aromatic carbocycles. The number of rotatable bonds is 6. The van der Waals surface area contributed by atoms with Gasteiger partial charge in [0.2, 0.25) is 0 Å². The third-order valence-electron chi connectivity index (χ3n) is 2.04. The smallest absolute Gasteiger partial charge is 0.0288 e. The van der Waals surface area contributed by atoms with Crippen LogP contribution in [-0.4, -0.2) is 0 Å². The summed E-state index contributed by atoms with van der Waals surface area (Å²) < 4.78 is 0. The van der Waals surface area contributed by atoms with Gasteiger partial charge in [0, 0.05) is 0 Å². The molecule has 0 aromatic rings. The summed E-state index contributed by atoms with van der Waals surface area (Å²) in [6.07, 6.45) is 11.7. The molecular formula is C13H23. The summed E-state index contributed by atoms with van der Waals surface area (Å²) in [5.74, 6) is 0. The predicted molar refractivity (Wildman–Crippen MR) is 61.6 cm³/mol. The maximum absolute atomic E-state index is 2.36. The molecule has 0 unspecified atom stereocenters. The lowest BCUT2D eigenvalue weighted by atomic mass is 10.1. The van der Waals surface area contributed by atoms with Crippen LogP contribution >= 0.6 is 0 Å². The predicted octanol–water partition coefficient (Wildman–Crippen LogP) is 4.68. The van der Waals surface area contributed by atoms with Crippen LogP contribution in [0.4, 0.5) is 0 Å². The van der Waals surface area contributed by atoms with Crippen molar-refractivity contribution in [3.8, 4) is 0 Å². The molecular weight excluding hydrogens is 156 g/mol. The summed E-state index contributed by atoms with van der Waals surface area (Å²) in [6.45, 7) is 8.66. The van der Waals surface area contributed by atoms with Crippen molar-refractivity contribution in [2.75, 3.05) is 0 Å². The number of hydrogen-bond donors (Lipinski definition) is 0. The van der Waals surface area contributed by atoms with Crippen LogP contribution in [0, 0.1) is 6.42 Å². The Hall–Kier alpha value is -0.520. The highest BCUT2D eigenvalue weighted by Crippen LogP contribution is 2.08. The van der Waals surface area contributed by atoms with Crippen LogP contribution < -0.4 is 0 Å². The Morgan fingerprint density at radius 2 is 1.62 bits per heavy atom. The van der Waals surface area contributed by atoms with Gasteiger partial charge in [0.1, 0.15) is 0 Å². The van der Waals surface area contributed by atoms with E-state index in [9.17, 15) is 0 Å². The zero-order valence-corrected chi connectivity index (χ0v) is 9.56. The van der Waals surface area contributed by atoms with E-state index >= 15 is 0 Å². The Morgan fingerprint density at radius 3 is 2.15 bits per heavy atom. The maximum Gasteiger partial charge on any atom is -0.0288 e. The molecule has 0 saturated carbocycles. The summed E-state index contributed by atoms with van der Waals surface area (Å²) in [6, 6.07) is 0. The quantitative estimate of drug-likeness (QED) is 0.410. The summed E-state index contributed by atoms with van der Waals surface area (Å²) in [5, 5.41) is 0. The highest BCUT2D eigenvalue weighted by molar-refractivity contribution is 5.02. The fourth-order valence-electron chi connectivity index (χ4n) is 1.19. The molecule has 0 aliphatic heterocycles. The first-order valence-corrected chi connectivity index (χ1v) is 5.23. The Morgan fingerprint density at radius 1 is 0.923 bits per heavy atom. The van der Waals surface area contributed by atoms with Crippen molar-refractivity contribution < 1.29 is 0 Å². The fraction of sp³-hybridized carbons (Fsp3) is 0.615. The summed E-state index contributed by atoms with van der Waals surface area (Å²) in [4.78, 5) is 0. The zero-order chi connectivity index (χ0) is 10.1. The Kier molecular flexibility index (Phi) is 7.77. The summed E-state index contributed by atoms with van der Waals surface area (Å²) in [5.41, 5.74) is 2.95. The molecule has 0 nitrogen and oxygen atoms in total. The van der Waals surface area contributed by atoms with E-state index < -0.39 is 0 Å². The molecule has 1 radical (unpaired) electrons. The van der Waals surface area contributed by atoms with Crippen molar-refractivity contribution in [3.05, 3.63) is 29.7 Å². The molecule has 0 atom stereocenters. The third-order valence-corrected chi connectivity index (χ3v) is 2.04. The average Bonchev–Trinajstić information content (AvgIpc) is 2.04. The first-order valence-electron chi connectivity index (χ1n) is 5.23. The van der Waals surface area contributed by atoms with E-state index in [4.69, 9.17) is 0 Å². The highest BCUT2D eigenvalue weighted by atomic mass is 13.9. The molecule has 0 N–H and O–H groups in total. The molecule has 0 bridgehead atoms. The Bertz CT molecular complexity index is 168. The molecule has 0 saturated heterocycles. The monoisotopic (exact) mass is 179 g/mol. The molecule has 0 fully saturated rings. The van der Waals surface area contributed by atoms with Crippen LogP contribution in [0.3, 0.4) is 0 Å². The fourth-order valence-corrected chi connectivity index (χ4v) is 1.19. The first kappa shape index (κ1) is 12.5. The van der Waals surface area contributed by atoms with Crippen molar-refractivity contribution in [3.63, 3.8) is 0 Å². The normalized spacial score (nSPS) is 11.5. The van der Waals surface area contributed by atoms with Crippen molar-refractivity contribution in [2.24, 2.45) is 0 Å². The standard InChI is InChI=1S/C13H23/c1-5-6-7-10-13(4)11-8-9-12(2)3/h5,9-10H,6-8,11H2,1-4H3/b13-10-. The SMILES string of the molecule is C[CH]CC/C=C(/C)CCC=C(C)C. The topological polar surface area (TPSA) is 0 Å². The Labute approximate surface area is 83.7 Å². The van der Waals surface area contributed by atoms with Gasteiger partial charge in [-0.15, -0.1) is 0 Å². The van der Waals surface area contributed by atoms with E-state index in [1.807, 2.05) is 0 Å². The minimum atomic E-state index is 1.19. The van der Waals surface area contributed by atoms with Crippen LogP contribution in [0.2, 0.25) is 0 Å². The lowest BCUT2D eigenvalue weighted by Crippen LogP contribution is -1.78. The van der Waals surface area contributed by atoms with Crippen LogP contribution in [0.5, 0.6) is 0 Å². The average molecular weight is 179 g/mol. The maximum atomic E-state index is 2.36. The molecule has 0 heteroatoms. The van der Waals surface area contributed by atoms with Crippen molar-refractivity contribution in [2.45, 2.75) is 53.4 Å². The second kappa shape index (κ2) is 8.10. The van der Waals surface area contributed by atoms with Crippen LogP contribution in [-0.2, 0) is 0 Å². The minimum absolute atomic E-state index is 1.19. The molecule has 13 heavy (non-hydrogen) atoms. The van der Waals surface area contributed by atoms with Gasteiger partial charge in [-0.25, -0.2) is 0 Å². The van der Waals surface area contributed by atoms with Crippen molar-refractivity contribution >= 4 is 0 Å². The van der Waals surface area contributed by atoms with E-state index in [2.05, 4.69) is 46.3 Å². The van der Waals surface area contributed by atoms with Gasteiger partial charge in [-0.1, -0.05) is 30.2 Å². The van der Waals surface area contributed by atoms with Gasteiger partial charge < -0.3 is 0 Å². The second-order valence-electron chi connectivity index (χ2n) is 3.86. The second-order valence-corrected chi connectivity index (χ2v) is 3.86. The van der Waals surface area contributed by atoms with Gasteiger partial charge >= 0.3 is 0 Å². The van der Waals surface area contributed by atoms with Crippen LogP contribution in [0.25, 0.3) is 0 Å². The number of hydrogen-bond acceptors (Lipinski definition) is 0. The van der Waals surface area contributed by atoms with E-state index in [-0.39, 0.29) is 0 Å². The van der Waals surface area contributed by atoms with Gasteiger partial charge in [0.05, 0.1) is 0 Å². The number of allylic oxidation sites excluding steroid dienone is 4. The highest BCUT2D eigenvalue weighted by Gasteiger charge is 1.88. The van der Waals surface area contributed by atoms with E-state index in [1.165, 1.54) is 36.8 Å². The van der Waals surface area contributed by atoms with Crippen molar-refractivity contribution in [1.82, 2.24) is 0 Å². The molecule has 0 aliphatic carbocycles. The van der Waals surface area contributed by atoms with Gasteiger partial charge in [0.15, 0.2) is 0 Å². The zero-order valence-electron chi connectivity index (χ0n) is 9.56. The molecule has 0 heterocycles. The van der Waals surface area contributed by atoms with E-state index in [0.29, 0.717) is 0 Å². The van der Waals surface area contributed by atoms with Gasteiger partial charge in [-0.05, 0) is 52.9 Å². The minimum Gasteiger partial charge on any atom is -0.0856 e. The molecule has 75 valence electrons. The third kappa shape index (κ3) is 9.39. The lowest BCUT2D eigenvalue weighted by Gasteiger charge is -1.98. The lowest BCUT2D eigenvalue weighted by molar-refractivity contribution is 0.916. The van der Waals surface area contributed by atoms with Crippen molar-refractivity contribution in [1.29, 1.82) is 0 Å². The van der Waals surface area contributed by atoms with Gasteiger partial charge in [0.25, 0.3) is 0 Å². The van der Waals surface area contributed by atoms with Gasteiger partial charge in [-0.2, -0.15) is 0 Å². The molecule has 0 spiro atoms. The first-order chi connectivity index (χ1) is 6.16. The largest absolute Gasteiger partial charge is 0.0856 e. The van der Waals surface area contributed by atoms with Gasteiger partial charge in [-0.3, -0.25) is 0 Å². The Balaban J connectivity index is 3.55. The summed E-state index contributed by atoms with van der Waals surface area (Å²) in [7, 11) is 0. The molecule has 0 rings (SSSR count). The number of unbranched alkanes of at least 4 members (excludes halogenated alkanes) is 2. The molecule has 0 aliphatic rings. The van der Waals surface area contributed by atoms with Crippen LogP contribution in [0.1, 0.15) is 53.4 Å². The van der Waals surface area contributed by atoms with E-state index in [1.54, 1.807) is 0 Å². The molecule has 0 amide bonds. The van der Waals surface area contributed by atoms with E-state index in [0.717, 1.165) is 0 Å². The molecule has 0 aromatic heterocycles.